The Morgan fingerprint density at radius 1 is 0.296 bits per heavy atom. The summed E-state index contributed by atoms with van der Waals surface area (Å²) in [5.74, 6) is -1.06. The van der Waals surface area contributed by atoms with E-state index in [1.54, 1.807) is 0 Å². The van der Waals surface area contributed by atoms with E-state index in [-0.39, 0.29) is 44.0 Å². The maximum Gasteiger partial charge on any atom is 0.306 e. The lowest BCUT2D eigenvalue weighted by molar-refractivity contribution is -0.167. The number of unbranched alkanes of at least 4 members (excludes halogenated alkanes) is 14. The number of esters is 3. The van der Waals surface area contributed by atoms with Crippen LogP contribution in [0, 0.1) is 0 Å². The highest BCUT2D eigenvalue weighted by Gasteiger charge is 2.19. The molecule has 0 saturated carbocycles. The Kier molecular flexibility index (Phi) is 54.0. The molecule has 0 amide bonds. The summed E-state index contributed by atoms with van der Waals surface area (Å²) in [6.07, 6.45) is 82.7. The van der Waals surface area contributed by atoms with E-state index in [4.69, 9.17) is 14.2 Å². The number of hydrogen-bond acceptors (Lipinski definition) is 6. The lowest BCUT2D eigenvalue weighted by Gasteiger charge is -2.18. The van der Waals surface area contributed by atoms with Crippen molar-refractivity contribution in [2.75, 3.05) is 13.2 Å². The highest BCUT2D eigenvalue weighted by molar-refractivity contribution is 5.71. The van der Waals surface area contributed by atoms with Crippen molar-refractivity contribution < 1.29 is 28.6 Å². The molecule has 6 nitrogen and oxygen atoms in total. The van der Waals surface area contributed by atoms with Crippen LogP contribution in [0.1, 0.15) is 226 Å². The van der Waals surface area contributed by atoms with Gasteiger partial charge in [0.15, 0.2) is 6.10 Å². The fourth-order valence-corrected chi connectivity index (χ4v) is 7.13. The van der Waals surface area contributed by atoms with Gasteiger partial charge in [0.05, 0.1) is 0 Å². The summed E-state index contributed by atoms with van der Waals surface area (Å²) in [5.41, 5.74) is 0. The predicted molar refractivity (Wildman–Crippen MR) is 306 cm³/mol. The summed E-state index contributed by atoms with van der Waals surface area (Å²) in [7, 11) is 0. The van der Waals surface area contributed by atoms with Gasteiger partial charge >= 0.3 is 17.9 Å². The van der Waals surface area contributed by atoms with E-state index >= 15 is 0 Å². The van der Waals surface area contributed by atoms with Gasteiger partial charge in [0.2, 0.25) is 0 Å². The fraction of sp³-hybridized carbons (Fsp3) is 0.585. The Labute approximate surface area is 436 Å². The molecule has 0 aromatic rings. The zero-order valence-corrected chi connectivity index (χ0v) is 45.4. The van der Waals surface area contributed by atoms with Gasteiger partial charge in [-0.1, -0.05) is 224 Å². The van der Waals surface area contributed by atoms with Crippen molar-refractivity contribution in [1.82, 2.24) is 0 Å². The Morgan fingerprint density at radius 3 is 0.915 bits per heavy atom. The molecule has 0 spiro atoms. The van der Waals surface area contributed by atoms with Gasteiger partial charge in [-0.3, -0.25) is 14.4 Å². The van der Waals surface area contributed by atoms with Gasteiger partial charge in [0, 0.05) is 19.3 Å². The zero-order valence-electron chi connectivity index (χ0n) is 45.4. The molecule has 0 heterocycles. The van der Waals surface area contributed by atoms with Crippen molar-refractivity contribution in [1.29, 1.82) is 0 Å². The van der Waals surface area contributed by atoms with E-state index < -0.39 is 6.10 Å². The van der Waals surface area contributed by atoms with Crippen LogP contribution >= 0.6 is 0 Å². The molecule has 0 aliphatic heterocycles. The van der Waals surface area contributed by atoms with Crippen LogP contribution < -0.4 is 0 Å². The van der Waals surface area contributed by atoms with Gasteiger partial charge in [-0.2, -0.15) is 0 Å². The fourth-order valence-electron chi connectivity index (χ4n) is 7.13. The highest BCUT2D eigenvalue weighted by Crippen LogP contribution is 2.13. The SMILES string of the molecule is CC/C=C\C/C=C\C/C=C\C/C=C\C/C=C\CCCC(=O)OCC(COC(=O)CCCCCCCCCCC/C=C\C/C=C\CCCCC)OC(=O)CCC/C=C\C/C=C\C/C=C\C/C=C\C/C=C\CC. The third-order valence-electron chi connectivity index (χ3n) is 11.3. The molecule has 0 aromatic heterocycles. The average Bonchev–Trinajstić information content (AvgIpc) is 3.37. The van der Waals surface area contributed by atoms with Crippen LogP contribution in [0.15, 0.2) is 146 Å². The molecule has 0 aromatic carbocycles. The molecule has 0 fully saturated rings. The summed E-state index contributed by atoms with van der Waals surface area (Å²) < 4.78 is 16.8. The summed E-state index contributed by atoms with van der Waals surface area (Å²) in [4.78, 5) is 38.1. The molecular formula is C65H102O6. The molecule has 0 saturated heterocycles. The summed E-state index contributed by atoms with van der Waals surface area (Å²) >= 11 is 0. The minimum absolute atomic E-state index is 0.126. The molecule has 1 unspecified atom stereocenters. The van der Waals surface area contributed by atoms with Gasteiger partial charge in [0.25, 0.3) is 0 Å². The second-order valence-corrected chi connectivity index (χ2v) is 18.1. The molecule has 0 radical (unpaired) electrons. The van der Waals surface area contributed by atoms with Crippen molar-refractivity contribution in [2.45, 2.75) is 232 Å². The zero-order chi connectivity index (χ0) is 51.4. The van der Waals surface area contributed by atoms with Crippen LogP contribution in [0.25, 0.3) is 0 Å². The molecule has 1 atom stereocenters. The van der Waals surface area contributed by atoms with Crippen molar-refractivity contribution >= 4 is 17.9 Å². The van der Waals surface area contributed by atoms with Gasteiger partial charge in [-0.05, 0) is 128 Å². The van der Waals surface area contributed by atoms with Gasteiger partial charge in [-0.25, -0.2) is 0 Å². The number of hydrogen-bond donors (Lipinski definition) is 0. The normalized spacial score (nSPS) is 13.2. The monoisotopic (exact) mass is 979 g/mol. The molecule has 398 valence electrons. The van der Waals surface area contributed by atoms with Gasteiger partial charge < -0.3 is 14.2 Å². The lowest BCUT2D eigenvalue weighted by Crippen LogP contribution is -2.30. The van der Waals surface area contributed by atoms with Gasteiger partial charge in [-0.15, -0.1) is 0 Å². The minimum Gasteiger partial charge on any atom is -0.462 e. The van der Waals surface area contributed by atoms with Crippen LogP contribution in [0.2, 0.25) is 0 Å². The van der Waals surface area contributed by atoms with Crippen molar-refractivity contribution in [3.8, 4) is 0 Å². The Morgan fingerprint density at radius 2 is 0.563 bits per heavy atom. The third kappa shape index (κ3) is 56.1. The van der Waals surface area contributed by atoms with Crippen LogP contribution in [-0.2, 0) is 28.6 Å². The largest absolute Gasteiger partial charge is 0.462 e. The number of rotatable bonds is 49. The highest BCUT2D eigenvalue weighted by atomic mass is 16.6. The second kappa shape index (κ2) is 57.9. The van der Waals surface area contributed by atoms with E-state index in [2.05, 4.69) is 167 Å². The van der Waals surface area contributed by atoms with E-state index in [9.17, 15) is 14.4 Å². The second-order valence-electron chi connectivity index (χ2n) is 18.1. The van der Waals surface area contributed by atoms with Crippen LogP contribution in [0.4, 0.5) is 0 Å². The lowest BCUT2D eigenvalue weighted by atomic mass is 10.1. The maximum absolute atomic E-state index is 12.8. The molecule has 0 rings (SSSR count). The summed E-state index contributed by atoms with van der Waals surface area (Å²) in [5, 5.41) is 0. The summed E-state index contributed by atoms with van der Waals surface area (Å²) in [6.45, 7) is 6.27. The van der Waals surface area contributed by atoms with E-state index in [1.807, 2.05) is 0 Å². The van der Waals surface area contributed by atoms with E-state index in [0.717, 1.165) is 103 Å². The molecule has 0 bridgehead atoms. The first kappa shape index (κ1) is 66.3. The molecule has 6 heteroatoms. The quantitative estimate of drug-likeness (QED) is 0.0262. The summed E-state index contributed by atoms with van der Waals surface area (Å²) in [6, 6.07) is 0. The smallest absolute Gasteiger partial charge is 0.306 e. The molecule has 0 N–H and O–H groups in total. The molecule has 0 aliphatic rings. The minimum atomic E-state index is -0.839. The first-order valence-corrected chi connectivity index (χ1v) is 28.3. The number of carbonyl (C=O) groups is 3. The Hall–Kier alpha value is -4.71. The van der Waals surface area contributed by atoms with Gasteiger partial charge in [0.1, 0.15) is 13.2 Å². The van der Waals surface area contributed by atoms with Crippen LogP contribution in [0.3, 0.4) is 0 Å². The Bertz CT molecular complexity index is 1590. The predicted octanol–water partition coefficient (Wildman–Crippen LogP) is 19.2. The van der Waals surface area contributed by atoms with E-state index in [0.29, 0.717) is 19.3 Å². The topological polar surface area (TPSA) is 78.9 Å². The van der Waals surface area contributed by atoms with Crippen molar-refractivity contribution in [3.05, 3.63) is 146 Å². The van der Waals surface area contributed by atoms with Crippen molar-refractivity contribution in [2.24, 2.45) is 0 Å². The standard InChI is InChI=1S/C65H102O6/c1-4-7-10-13-16-19-22-25-28-31-32-35-37-40-43-46-49-52-55-58-64(67)70-61-62(71-65(68)59-56-53-50-47-44-41-38-34-30-27-24-21-18-15-12-9-6-3)60-69-63(66)57-54-51-48-45-42-39-36-33-29-26-23-20-17-14-11-8-5-2/h8-9,11-12,16-21,25-30,36,38-39,41,45,47-48,50,62H,4-7,10,13-15,22-24,31-35,37,40,42-44,46,49,51-61H2,1-3H3/b11-8-,12-9-,19-16-,20-17-,21-18-,28-25-,29-26-,30-27-,39-36-,41-38-,48-45-,50-47-. The number of allylic oxidation sites excluding steroid dienone is 24. The molecule has 0 aliphatic carbocycles. The molecule has 71 heavy (non-hydrogen) atoms. The van der Waals surface area contributed by atoms with Crippen LogP contribution in [-0.4, -0.2) is 37.2 Å². The first-order valence-electron chi connectivity index (χ1n) is 28.3. The Balaban J connectivity index is 4.58. The average molecular weight is 980 g/mol. The third-order valence-corrected chi connectivity index (χ3v) is 11.3. The number of ether oxygens (including phenoxy) is 3. The molecular weight excluding hydrogens is 877 g/mol. The van der Waals surface area contributed by atoms with E-state index in [1.165, 1.54) is 70.6 Å². The van der Waals surface area contributed by atoms with Crippen LogP contribution in [0.5, 0.6) is 0 Å². The maximum atomic E-state index is 12.8. The number of carbonyl (C=O) groups excluding carboxylic acids is 3. The first-order chi connectivity index (χ1) is 35.0. The van der Waals surface area contributed by atoms with Crippen molar-refractivity contribution in [3.63, 3.8) is 0 Å².